The molecule has 1 amide bonds. The lowest BCUT2D eigenvalue weighted by Gasteiger charge is -2.16. The molecule has 1 saturated heterocycles. The molecule has 120 valence electrons. The fourth-order valence-electron chi connectivity index (χ4n) is 3.15. The largest absolute Gasteiger partial charge is 0.364 e. The van der Waals surface area contributed by atoms with Gasteiger partial charge in [0.25, 0.3) is 0 Å². The highest BCUT2D eigenvalue weighted by Crippen LogP contribution is 2.31. The van der Waals surface area contributed by atoms with Gasteiger partial charge in [0.1, 0.15) is 5.82 Å². The van der Waals surface area contributed by atoms with Crippen LogP contribution in [0.15, 0.2) is 18.2 Å². The van der Waals surface area contributed by atoms with Crippen molar-refractivity contribution in [3.05, 3.63) is 29.6 Å². The van der Waals surface area contributed by atoms with Gasteiger partial charge >= 0.3 is 0 Å². The molecule has 2 fully saturated rings. The Hall–Kier alpha value is -2.44. The van der Waals surface area contributed by atoms with Crippen molar-refractivity contribution in [1.82, 2.24) is 24.9 Å². The average molecular weight is 312 g/mol. The Morgan fingerprint density at radius 3 is 2.65 bits per heavy atom. The van der Waals surface area contributed by atoms with Gasteiger partial charge in [0.2, 0.25) is 5.91 Å². The molecule has 2 aromatic rings. The van der Waals surface area contributed by atoms with E-state index in [0.717, 1.165) is 30.8 Å². The number of carbonyl (C=O) groups excluding carboxylic acids is 1. The maximum absolute atomic E-state index is 12.0. The van der Waals surface area contributed by atoms with Gasteiger partial charge in [-0.25, -0.2) is 4.68 Å². The summed E-state index contributed by atoms with van der Waals surface area (Å²) in [6.07, 6.45) is 2.84. The molecule has 1 unspecified atom stereocenters. The summed E-state index contributed by atoms with van der Waals surface area (Å²) in [4.78, 5) is 14.0. The first-order valence-corrected chi connectivity index (χ1v) is 8.03. The van der Waals surface area contributed by atoms with Gasteiger partial charge in [-0.3, -0.25) is 4.79 Å². The summed E-state index contributed by atoms with van der Waals surface area (Å²) in [6.45, 7) is 4.71. The van der Waals surface area contributed by atoms with Crippen molar-refractivity contribution in [2.45, 2.75) is 45.2 Å². The second kappa shape index (κ2) is 5.33. The number of aromatic nitrogens is 4. The van der Waals surface area contributed by atoms with E-state index in [0.29, 0.717) is 24.1 Å². The Morgan fingerprint density at radius 1 is 1.22 bits per heavy atom. The van der Waals surface area contributed by atoms with Crippen molar-refractivity contribution in [1.29, 1.82) is 0 Å². The lowest BCUT2D eigenvalue weighted by atomic mass is 10.2. The van der Waals surface area contributed by atoms with Gasteiger partial charge in [0, 0.05) is 24.7 Å². The molecule has 0 radical (unpaired) electrons. The van der Waals surface area contributed by atoms with Gasteiger partial charge in [0.15, 0.2) is 5.82 Å². The van der Waals surface area contributed by atoms with E-state index in [1.807, 2.05) is 36.9 Å². The standard InChI is InChI=1S/C16H20N6O/c1-10-7-11(2)22(20-10)15-6-5-14(18-19-15)17-12-8-16(23)21(9-12)13-3-4-13/h5-7,12-13H,3-4,8-9H2,1-2H3,(H,17,18). The van der Waals surface area contributed by atoms with E-state index < -0.39 is 0 Å². The first-order valence-electron chi connectivity index (χ1n) is 8.03. The molecule has 23 heavy (non-hydrogen) atoms. The van der Waals surface area contributed by atoms with Gasteiger partial charge in [-0.2, -0.15) is 5.10 Å². The molecule has 0 bridgehead atoms. The normalized spacial score (nSPS) is 21.0. The summed E-state index contributed by atoms with van der Waals surface area (Å²) in [5, 5.41) is 16.2. The molecule has 1 saturated carbocycles. The fraction of sp³-hybridized carbons (Fsp3) is 0.500. The molecule has 2 aliphatic rings. The summed E-state index contributed by atoms with van der Waals surface area (Å²) in [5.41, 5.74) is 1.98. The van der Waals surface area contributed by atoms with Crippen molar-refractivity contribution in [2.24, 2.45) is 0 Å². The lowest BCUT2D eigenvalue weighted by molar-refractivity contribution is -0.128. The van der Waals surface area contributed by atoms with Gasteiger partial charge in [-0.15, -0.1) is 10.2 Å². The zero-order valence-electron chi connectivity index (χ0n) is 13.4. The van der Waals surface area contributed by atoms with E-state index in [-0.39, 0.29) is 11.9 Å². The quantitative estimate of drug-likeness (QED) is 0.925. The third-order valence-electron chi connectivity index (χ3n) is 4.38. The van der Waals surface area contributed by atoms with Crippen molar-refractivity contribution >= 4 is 11.7 Å². The van der Waals surface area contributed by atoms with E-state index in [1.54, 1.807) is 4.68 Å². The highest BCUT2D eigenvalue weighted by atomic mass is 16.2. The van der Waals surface area contributed by atoms with Crippen molar-refractivity contribution < 1.29 is 4.79 Å². The van der Waals surface area contributed by atoms with E-state index in [4.69, 9.17) is 0 Å². The molecular weight excluding hydrogens is 292 g/mol. The minimum atomic E-state index is 0.122. The third kappa shape index (κ3) is 2.78. The number of nitrogens with one attached hydrogen (secondary N) is 1. The molecule has 7 nitrogen and oxygen atoms in total. The molecule has 3 heterocycles. The zero-order valence-corrected chi connectivity index (χ0v) is 13.4. The highest BCUT2D eigenvalue weighted by Gasteiger charge is 2.39. The molecule has 7 heteroatoms. The smallest absolute Gasteiger partial charge is 0.225 e. The molecule has 4 rings (SSSR count). The zero-order chi connectivity index (χ0) is 16.0. The second-order valence-corrected chi connectivity index (χ2v) is 6.44. The second-order valence-electron chi connectivity index (χ2n) is 6.44. The number of carbonyl (C=O) groups is 1. The van der Waals surface area contributed by atoms with Crippen molar-refractivity contribution in [3.8, 4) is 5.82 Å². The number of likely N-dealkylation sites (tertiary alicyclic amines) is 1. The van der Waals surface area contributed by atoms with Crippen molar-refractivity contribution in [2.75, 3.05) is 11.9 Å². The number of hydrogen-bond donors (Lipinski definition) is 1. The van der Waals surface area contributed by atoms with Crippen LogP contribution >= 0.6 is 0 Å². The predicted molar refractivity (Wildman–Crippen MR) is 85.4 cm³/mol. The van der Waals surface area contributed by atoms with Crippen LogP contribution in [0.2, 0.25) is 0 Å². The van der Waals surface area contributed by atoms with E-state index in [1.165, 1.54) is 0 Å². The summed E-state index contributed by atoms with van der Waals surface area (Å²) in [6, 6.07) is 6.39. The predicted octanol–water partition coefficient (Wildman–Crippen LogP) is 1.45. The lowest BCUT2D eigenvalue weighted by Crippen LogP contribution is -2.30. The minimum Gasteiger partial charge on any atom is -0.364 e. The summed E-state index contributed by atoms with van der Waals surface area (Å²) < 4.78 is 1.78. The maximum atomic E-state index is 12.0. The van der Waals surface area contributed by atoms with Crippen LogP contribution in [0, 0.1) is 13.8 Å². The Kier molecular flexibility index (Phi) is 3.28. The van der Waals surface area contributed by atoms with Crippen LogP contribution in [0.5, 0.6) is 0 Å². The molecule has 1 aliphatic heterocycles. The first kappa shape index (κ1) is 14.2. The maximum Gasteiger partial charge on any atom is 0.225 e. The Balaban J connectivity index is 1.44. The molecule has 0 spiro atoms. The molecule has 1 N–H and O–H groups in total. The number of rotatable bonds is 4. The first-order chi connectivity index (χ1) is 11.1. The Bertz CT molecular complexity index is 734. The number of hydrogen-bond acceptors (Lipinski definition) is 5. The summed E-state index contributed by atoms with van der Waals surface area (Å²) in [7, 11) is 0. The van der Waals surface area contributed by atoms with Gasteiger partial charge in [0.05, 0.1) is 11.7 Å². The Morgan fingerprint density at radius 2 is 2.04 bits per heavy atom. The molecule has 1 aliphatic carbocycles. The number of nitrogens with zero attached hydrogens (tertiary/aromatic N) is 5. The third-order valence-corrected chi connectivity index (χ3v) is 4.38. The minimum absolute atomic E-state index is 0.122. The average Bonchev–Trinajstić information content (AvgIpc) is 3.22. The SMILES string of the molecule is Cc1cc(C)n(-c2ccc(NC3CC(=O)N(C4CC4)C3)nn2)n1. The van der Waals surface area contributed by atoms with Crippen LogP contribution in [0.1, 0.15) is 30.7 Å². The van der Waals surface area contributed by atoms with Gasteiger partial charge in [-0.1, -0.05) is 0 Å². The van der Waals surface area contributed by atoms with Crippen LogP contribution in [0.3, 0.4) is 0 Å². The summed E-state index contributed by atoms with van der Waals surface area (Å²) >= 11 is 0. The summed E-state index contributed by atoms with van der Waals surface area (Å²) in [5.74, 6) is 1.64. The highest BCUT2D eigenvalue weighted by molar-refractivity contribution is 5.80. The van der Waals surface area contributed by atoms with Crippen LogP contribution in [0.25, 0.3) is 5.82 Å². The topological polar surface area (TPSA) is 75.9 Å². The number of anilines is 1. The fourth-order valence-corrected chi connectivity index (χ4v) is 3.15. The monoisotopic (exact) mass is 312 g/mol. The van der Waals surface area contributed by atoms with E-state index >= 15 is 0 Å². The van der Waals surface area contributed by atoms with Crippen LogP contribution < -0.4 is 5.32 Å². The molecule has 0 aromatic carbocycles. The van der Waals surface area contributed by atoms with Gasteiger partial charge < -0.3 is 10.2 Å². The van der Waals surface area contributed by atoms with Crippen LogP contribution in [-0.4, -0.2) is 49.4 Å². The Labute approximate surface area is 134 Å². The molecule has 1 atom stereocenters. The van der Waals surface area contributed by atoms with Crippen molar-refractivity contribution in [3.63, 3.8) is 0 Å². The van der Waals surface area contributed by atoms with Gasteiger partial charge in [-0.05, 0) is 44.9 Å². The number of aryl methyl sites for hydroxylation is 2. The van der Waals surface area contributed by atoms with E-state index in [2.05, 4.69) is 20.6 Å². The molecular formula is C16H20N6O. The number of amides is 1. The van der Waals surface area contributed by atoms with Crippen LogP contribution in [-0.2, 0) is 4.79 Å². The van der Waals surface area contributed by atoms with E-state index in [9.17, 15) is 4.79 Å². The van der Waals surface area contributed by atoms with Crippen LogP contribution in [0.4, 0.5) is 5.82 Å². The molecule has 2 aromatic heterocycles.